The van der Waals surface area contributed by atoms with Crippen LogP contribution in [0.4, 0.5) is 0 Å². The van der Waals surface area contributed by atoms with Crippen molar-refractivity contribution in [2.24, 2.45) is 11.8 Å². The highest BCUT2D eigenvalue weighted by Gasteiger charge is 2.29. The molecule has 0 bridgehead atoms. The molecule has 0 heteroatoms. The summed E-state index contributed by atoms with van der Waals surface area (Å²) in [6.45, 7) is 9.88. The zero-order valence-corrected chi connectivity index (χ0v) is 10.8. The van der Waals surface area contributed by atoms with E-state index in [9.17, 15) is 0 Å². The summed E-state index contributed by atoms with van der Waals surface area (Å²) in [5.41, 5.74) is 1.49. The summed E-state index contributed by atoms with van der Waals surface area (Å²) < 4.78 is 0. The van der Waals surface area contributed by atoms with Crippen LogP contribution in [-0.4, -0.2) is 0 Å². The van der Waals surface area contributed by atoms with Crippen molar-refractivity contribution in [3.05, 3.63) is 37.0 Å². The molecule has 0 atom stereocenters. The zero-order valence-electron chi connectivity index (χ0n) is 10.8. The molecule has 1 saturated carbocycles. The predicted molar refractivity (Wildman–Crippen MR) is 73.5 cm³/mol. The van der Waals surface area contributed by atoms with Gasteiger partial charge in [0.25, 0.3) is 0 Å². The molecule has 0 unspecified atom stereocenters. The molecule has 0 N–H and O–H groups in total. The Morgan fingerprint density at radius 1 is 1.25 bits per heavy atom. The first-order valence-corrected chi connectivity index (χ1v) is 6.75. The lowest BCUT2D eigenvalue weighted by Crippen LogP contribution is -2.24. The van der Waals surface area contributed by atoms with Crippen LogP contribution in [0.15, 0.2) is 37.0 Å². The first kappa shape index (κ1) is 13.3. The Balaban J connectivity index is 2.14. The maximum absolute atomic E-state index is 3.91. The molecule has 0 spiro atoms. The third-order valence-electron chi connectivity index (χ3n) is 3.65. The van der Waals surface area contributed by atoms with Crippen LogP contribution < -0.4 is 0 Å². The van der Waals surface area contributed by atoms with Gasteiger partial charge in [0.05, 0.1) is 0 Å². The summed E-state index contributed by atoms with van der Waals surface area (Å²) in [6, 6.07) is 0. The molecule has 0 saturated heterocycles. The average molecular weight is 218 g/mol. The molecule has 1 aliphatic rings. The Labute approximate surface area is 101 Å². The summed E-state index contributed by atoms with van der Waals surface area (Å²) >= 11 is 0. The number of rotatable bonds is 8. The molecule has 90 valence electrons. The third kappa shape index (κ3) is 4.00. The molecular weight excluding hydrogens is 192 g/mol. The van der Waals surface area contributed by atoms with E-state index in [0.29, 0.717) is 0 Å². The zero-order chi connectivity index (χ0) is 11.8. The summed E-state index contributed by atoms with van der Waals surface area (Å²) in [4.78, 5) is 0. The van der Waals surface area contributed by atoms with E-state index in [1.807, 2.05) is 6.08 Å². The fraction of sp³-hybridized carbons (Fsp3) is 0.625. The van der Waals surface area contributed by atoms with Crippen LogP contribution in [0.5, 0.6) is 0 Å². The van der Waals surface area contributed by atoms with Crippen molar-refractivity contribution in [1.29, 1.82) is 0 Å². The van der Waals surface area contributed by atoms with E-state index >= 15 is 0 Å². The van der Waals surface area contributed by atoms with Crippen LogP contribution >= 0.6 is 0 Å². The van der Waals surface area contributed by atoms with Crippen LogP contribution in [0.1, 0.15) is 51.9 Å². The van der Waals surface area contributed by atoms with E-state index in [2.05, 4.69) is 32.2 Å². The Kier molecular flexibility index (Phi) is 6.22. The second-order valence-electron chi connectivity index (χ2n) is 4.92. The second-order valence-corrected chi connectivity index (χ2v) is 4.92. The lowest BCUT2D eigenvalue weighted by molar-refractivity contribution is 0.212. The van der Waals surface area contributed by atoms with Gasteiger partial charge in [-0.15, -0.1) is 6.58 Å². The maximum Gasteiger partial charge on any atom is -0.0160 e. The number of unbranched alkanes of at least 4 members (excludes halogenated alkanes) is 2. The minimum atomic E-state index is 0.821. The van der Waals surface area contributed by atoms with Gasteiger partial charge in [-0.25, -0.2) is 0 Å². The van der Waals surface area contributed by atoms with Crippen molar-refractivity contribution < 1.29 is 0 Å². The molecule has 0 nitrogen and oxygen atoms in total. The molecule has 0 amide bonds. The van der Waals surface area contributed by atoms with E-state index in [4.69, 9.17) is 0 Å². The Morgan fingerprint density at radius 2 is 2.00 bits per heavy atom. The Bertz CT molecular complexity index is 241. The van der Waals surface area contributed by atoms with Gasteiger partial charge in [-0.1, -0.05) is 44.6 Å². The standard InChI is InChI=1S/C16H26/c1-4-7-8-9-11-14-12-16(13-14)15(6-3)10-5-2/h4,6,10,14,16H,1,3,5,7-9,11-13H2,2H3. The highest BCUT2D eigenvalue weighted by atomic mass is 14.3. The van der Waals surface area contributed by atoms with Crippen LogP contribution in [0.3, 0.4) is 0 Å². The second kappa shape index (κ2) is 7.49. The minimum Gasteiger partial charge on any atom is -0.103 e. The van der Waals surface area contributed by atoms with Gasteiger partial charge in [-0.05, 0) is 49.5 Å². The summed E-state index contributed by atoms with van der Waals surface area (Å²) in [5.74, 6) is 1.80. The quantitative estimate of drug-likeness (QED) is 0.295. The first-order valence-electron chi connectivity index (χ1n) is 6.75. The molecule has 0 aromatic rings. The molecule has 1 aliphatic carbocycles. The van der Waals surface area contributed by atoms with Gasteiger partial charge in [0.2, 0.25) is 0 Å². The first-order chi connectivity index (χ1) is 7.81. The average Bonchev–Trinajstić information content (AvgIpc) is 2.24. The third-order valence-corrected chi connectivity index (χ3v) is 3.65. The maximum atomic E-state index is 3.91. The van der Waals surface area contributed by atoms with Gasteiger partial charge in [-0.2, -0.15) is 0 Å². The fourth-order valence-electron chi connectivity index (χ4n) is 2.62. The van der Waals surface area contributed by atoms with E-state index in [1.165, 1.54) is 44.1 Å². The van der Waals surface area contributed by atoms with Crippen molar-refractivity contribution in [3.63, 3.8) is 0 Å². The molecule has 0 radical (unpaired) electrons. The monoisotopic (exact) mass is 218 g/mol. The number of allylic oxidation sites excluding steroid dienone is 4. The van der Waals surface area contributed by atoms with E-state index in [-0.39, 0.29) is 0 Å². The van der Waals surface area contributed by atoms with Crippen LogP contribution in [-0.2, 0) is 0 Å². The van der Waals surface area contributed by atoms with E-state index < -0.39 is 0 Å². The minimum absolute atomic E-state index is 0.821. The SMILES string of the molecule is C=CCCCCC1CC(C(C=C)=CCC)C1. The highest BCUT2D eigenvalue weighted by Crippen LogP contribution is 2.41. The summed E-state index contributed by atoms with van der Waals surface area (Å²) in [6.07, 6.45) is 15.7. The van der Waals surface area contributed by atoms with Crippen LogP contribution in [0.25, 0.3) is 0 Å². The van der Waals surface area contributed by atoms with Gasteiger partial charge in [-0.3, -0.25) is 0 Å². The van der Waals surface area contributed by atoms with Crippen molar-refractivity contribution in [2.75, 3.05) is 0 Å². The van der Waals surface area contributed by atoms with Crippen LogP contribution in [0.2, 0.25) is 0 Å². The topological polar surface area (TPSA) is 0 Å². The molecule has 0 aromatic carbocycles. The Hall–Kier alpha value is -0.780. The largest absolute Gasteiger partial charge is 0.103 e. The van der Waals surface area contributed by atoms with E-state index in [1.54, 1.807) is 0 Å². The smallest absolute Gasteiger partial charge is 0.0160 e. The normalized spacial score (nSPS) is 24.9. The molecule has 0 aromatic heterocycles. The molecule has 0 heterocycles. The van der Waals surface area contributed by atoms with Crippen molar-refractivity contribution in [1.82, 2.24) is 0 Å². The van der Waals surface area contributed by atoms with Gasteiger partial charge < -0.3 is 0 Å². The molecule has 0 aliphatic heterocycles. The fourth-order valence-corrected chi connectivity index (χ4v) is 2.62. The molecular formula is C16H26. The Morgan fingerprint density at radius 3 is 2.56 bits per heavy atom. The van der Waals surface area contributed by atoms with Gasteiger partial charge >= 0.3 is 0 Å². The predicted octanol–water partition coefficient (Wildman–Crippen LogP) is 5.28. The van der Waals surface area contributed by atoms with Crippen molar-refractivity contribution in [2.45, 2.75) is 51.9 Å². The van der Waals surface area contributed by atoms with Crippen molar-refractivity contribution >= 4 is 0 Å². The van der Waals surface area contributed by atoms with E-state index in [0.717, 1.165) is 18.3 Å². The van der Waals surface area contributed by atoms with Gasteiger partial charge in [0, 0.05) is 0 Å². The van der Waals surface area contributed by atoms with Gasteiger partial charge in [0.15, 0.2) is 0 Å². The lowest BCUT2D eigenvalue weighted by Gasteiger charge is -2.36. The summed E-state index contributed by atoms with van der Waals surface area (Å²) in [7, 11) is 0. The number of hydrogen-bond acceptors (Lipinski definition) is 0. The van der Waals surface area contributed by atoms with Crippen molar-refractivity contribution in [3.8, 4) is 0 Å². The highest BCUT2D eigenvalue weighted by molar-refractivity contribution is 5.21. The molecule has 1 rings (SSSR count). The molecule has 16 heavy (non-hydrogen) atoms. The summed E-state index contributed by atoms with van der Waals surface area (Å²) in [5, 5.41) is 0. The van der Waals surface area contributed by atoms with Crippen LogP contribution in [0, 0.1) is 11.8 Å². The molecule has 1 fully saturated rings. The number of hydrogen-bond donors (Lipinski definition) is 0. The van der Waals surface area contributed by atoms with Gasteiger partial charge in [0.1, 0.15) is 0 Å². The lowest BCUT2D eigenvalue weighted by atomic mass is 9.69.